The van der Waals surface area contributed by atoms with Gasteiger partial charge in [-0.1, -0.05) is 66.7 Å². The minimum absolute atomic E-state index is 0.00628. The van der Waals surface area contributed by atoms with Gasteiger partial charge >= 0.3 is 0 Å². The molecule has 0 atom stereocenters. The van der Waals surface area contributed by atoms with Crippen LogP contribution in [-0.4, -0.2) is 41.4 Å². The monoisotopic (exact) mass is 443 g/mol. The predicted molar refractivity (Wildman–Crippen MR) is 126 cm³/mol. The van der Waals surface area contributed by atoms with Crippen LogP contribution in [0, 0.1) is 5.92 Å². The van der Waals surface area contributed by atoms with E-state index >= 15 is 0 Å². The zero-order valence-corrected chi connectivity index (χ0v) is 18.6. The zero-order valence-electron chi connectivity index (χ0n) is 18.6. The Bertz CT molecular complexity index is 981. The van der Waals surface area contributed by atoms with E-state index in [0.29, 0.717) is 32.5 Å². The Hall–Kier alpha value is -3.51. The molecule has 2 amide bonds. The molecule has 1 saturated heterocycles. The molecule has 1 fully saturated rings. The molecule has 0 unspecified atom stereocenters. The van der Waals surface area contributed by atoms with Gasteiger partial charge in [0.1, 0.15) is 12.7 Å². The first-order valence-corrected chi connectivity index (χ1v) is 11.4. The number of nitrogens with zero attached hydrogens (tertiary/aromatic N) is 2. The Morgan fingerprint density at radius 2 is 1.58 bits per heavy atom. The van der Waals surface area contributed by atoms with Crippen LogP contribution in [0.1, 0.15) is 35.6 Å². The summed E-state index contributed by atoms with van der Waals surface area (Å²) < 4.78 is 6.11. The number of amides is 2. The van der Waals surface area contributed by atoms with Gasteiger partial charge in [-0.05, 0) is 35.6 Å². The lowest BCUT2D eigenvalue weighted by molar-refractivity contribution is -0.140. The van der Waals surface area contributed by atoms with Gasteiger partial charge in [0.25, 0.3) is 0 Å². The Kier molecular flexibility index (Phi) is 7.82. The fraction of sp³-hybridized carbons (Fsp3) is 0.296. The highest BCUT2D eigenvalue weighted by atomic mass is 16.5. The summed E-state index contributed by atoms with van der Waals surface area (Å²) in [4.78, 5) is 31.2. The van der Waals surface area contributed by atoms with Crippen LogP contribution in [0.5, 0.6) is 0 Å². The number of carbonyl (C=O) groups is 2. The first kappa shape index (κ1) is 22.7. The number of hydrogen-bond donors (Lipinski definition) is 1. The largest absolute Gasteiger partial charge is 0.359 e. The summed E-state index contributed by atoms with van der Waals surface area (Å²) in [6.07, 6.45) is 4.48. The summed E-state index contributed by atoms with van der Waals surface area (Å²) in [5.41, 5.74) is 3.00. The number of likely N-dealkylation sites (tertiary alicyclic amines) is 1. The lowest BCUT2D eigenvalue weighted by Gasteiger charge is -2.32. The van der Waals surface area contributed by atoms with Crippen molar-refractivity contribution in [2.75, 3.05) is 19.7 Å². The van der Waals surface area contributed by atoms with E-state index in [-0.39, 0.29) is 30.4 Å². The standard InChI is InChI=1S/C27H29N3O3/c31-25(20-33-26(22-9-3-1-4-10-22)23-11-5-2-6-12-23)30-16-13-24(14-17-30)27(32)29-19-21-8-7-15-28-18-21/h1-12,15,18,24,26H,13-14,16-17,19-20H2,(H,29,32). The molecule has 0 radical (unpaired) electrons. The number of benzene rings is 2. The average Bonchev–Trinajstić information content (AvgIpc) is 2.89. The molecule has 170 valence electrons. The maximum absolute atomic E-state index is 12.8. The molecule has 0 spiro atoms. The number of aromatic nitrogens is 1. The number of hydrogen-bond acceptors (Lipinski definition) is 4. The second-order valence-corrected chi connectivity index (χ2v) is 8.25. The molecule has 6 heteroatoms. The molecule has 6 nitrogen and oxygen atoms in total. The number of rotatable bonds is 8. The number of ether oxygens (including phenoxy) is 1. The van der Waals surface area contributed by atoms with E-state index in [9.17, 15) is 9.59 Å². The van der Waals surface area contributed by atoms with E-state index in [1.807, 2.05) is 72.8 Å². The predicted octanol–water partition coefficient (Wildman–Crippen LogP) is 3.74. The Labute approximate surface area is 194 Å². The van der Waals surface area contributed by atoms with E-state index in [1.54, 1.807) is 17.3 Å². The molecule has 2 aromatic carbocycles. The van der Waals surface area contributed by atoms with Gasteiger partial charge in [0.2, 0.25) is 11.8 Å². The van der Waals surface area contributed by atoms with Gasteiger partial charge in [0.15, 0.2) is 0 Å². The Morgan fingerprint density at radius 3 is 2.15 bits per heavy atom. The molecule has 2 heterocycles. The average molecular weight is 444 g/mol. The van der Waals surface area contributed by atoms with Crippen molar-refractivity contribution in [3.8, 4) is 0 Å². The molecule has 0 bridgehead atoms. The van der Waals surface area contributed by atoms with Crippen LogP contribution in [0.4, 0.5) is 0 Å². The molecule has 1 aliphatic heterocycles. The topological polar surface area (TPSA) is 71.5 Å². The number of nitrogens with one attached hydrogen (secondary N) is 1. The maximum Gasteiger partial charge on any atom is 0.248 e. The molecule has 4 rings (SSSR count). The lowest BCUT2D eigenvalue weighted by atomic mass is 9.96. The third-order valence-corrected chi connectivity index (χ3v) is 5.99. The zero-order chi connectivity index (χ0) is 22.9. The van der Waals surface area contributed by atoms with Gasteiger partial charge in [-0.2, -0.15) is 0 Å². The first-order valence-electron chi connectivity index (χ1n) is 11.4. The first-order chi connectivity index (χ1) is 16.2. The lowest BCUT2D eigenvalue weighted by Crippen LogP contribution is -2.44. The van der Waals surface area contributed by atoms with Crippen LogP contribution in [0.25, 0.3) is 0 Å². The van der Waals surface area contributed by atoms with Gasteiger partial charge < -0.3 is 15.0 Å². The van der Waals surface area contributed by atoms with Crippen molar-refractivity contribution in [2.24, 2.45) is 5.92 Å². The highest BCUT2D eigenvalue weighted by Gasteiger charge is 2.28. The number of piperidine rings is 1. The summed E-state index contributed by atoms with van der Waals surface area (Å²) in [6.45, 7) is 1.61. The van der Waals surface area contributed by atoms with Crippen molar-refractivity contribution in [3.05, 3.63) is 102 Å². The summed E-state index contributed by atoms with van der Waals surface area (Å²) in [5, 5.41) is 2.98. The van der Waals surface area contributed by atoms with Gasteiger partial charge in [-0.25, -0.2) is 0 Å². The van der Waals surface area contributed by atoms with Crippen LogP contribution in [0.2, 0.25) is 0 Å². The minimum Gasteiger partial charge on any atom is -0.359 e. The Morgan fingerprint density at radius 1 is 0.939 bits per heavy atom. The molecule has 1 aliphatic rings. The maximum atomic E-state index is 12.8. The van der Waals surface area contributed by atoms with Crippen LogP contribution < -0.4 is 5.32 Å². The minimum atomic E-state index is -0.299. The van der Waals surface area contributed by atoms with Crippen LogP contribution in [-0.2, 0) is 20.9 Å². The highest BCUT2D eigenvalue weighted by molar-refractivity contribution is 5.80. The van der Waals surface area contributed by atoms with Crippen LogP contribution >= 0.6 is 0 Å². The Balaban J connectivity index is 1.27. The summed E-state index contributed by atoms with van der Waals surface area (Å²) in [5.74, 6) is -0.0791. The van der Waals surface area contributed by atoms with Crippen molar-refractivity contribution in [1.82, 2.24) is 15.2 Å². The SMILES string of the molecule is O=C(NCc1cccnc1)C1CCN(C(=O)COC(c2ccccc2)c2ccccc2)CC1. The molecular weight excluding hydrogens is 414 g/mol. The van der Waals surface area contributed by atoms with Crippen molar-refractivity contribution < 1.29 is 14.3 Å². The van der Waals surface area contributed by atoms with Gasteiger partial charge in [-0.15, -0.1) is 0 Å². The highest BCUT2D eigenvalue weighted by Crippen LogP contribution is 2.26. The normalized spacial score (nSPS) is 14.3. The van der Waals surface area contributed by atoms with E-state index < -0.39 is 0 Å². The second-order valence-electron chi connectivity index (χ2n) is 8.25. The van der Waals surface area contributed by atoms with Crippen LogP contribution in [0.15, 0.2) is 85.2 Å². The van der Waals surface area contributed by atoms with Crippen molar-refractivity contribution >= 4 is 11.8 Å². The number of carbonyl (C=O) groups excluding carboxylic acids is 2. The van der Waals surface area contributed by atoms with Gasteiger partial charge in [-0.3, -0.25) is 14.6 Å². The van der Waals surface area contributed by atoms with Crippen LogP contribution in [0.3, 0.4) is 0 Å². The molecule has 1 aromatic heterocycles. The van der Waals surface area contributed by atoms with E-state index in [2.05, 4.69) is 10.3 Å². The van der Waals surface area contributed by atoms with Gasteiger partial charge in [0.05, 0.1) is 0 Å². The summed E-state index contributed by atoms with van der Waals surface area (Å²) in [7, 11) is 0. The smallest absolute Gasteiger partial charge is 0.248 e. The van der Waals surface area contributed by atoms with Crippen molar-refractivity contribution in [1.29, 1.82) is 0 Å². The molecule has 0 aliphatic carbocycles. The van der Waals surface area contributed by atoms with Gasteiger partial charge in [0, 0.05) is 37.9 Å². The second kappa shape index (κ2) is 11.4. The summed E-state index contributed by atoms with van der Waals surface area (Å²) in [6, 6.07) is 23.7. The molecule has 1 N–H and O–H groups in total. The van der Waals surface area contributed by atoms with E-state index in [4.69, 9.17) is 4.74 Å². The molecule has 0 saturated carbocycles. The fourth-order valence-electron chi connectivity index (χ4n) is 4.11. The quantitative estimate of drug-likeness (QED) is 0.576. The molecule has 3 aromatic rings. The molecule has 33 heavy (non-hydrogen) atoms. The van der Waals surface area contributed by atoms with Crippen molar-refractivity contribution in [2.45, 2.75) is 25.5 Å². The third kappa shape index (κ3) is 6.26. The fourth-order valence-corrected chi connectivity index (χ4v) is 4.11. The van der Waals surface area contributed by atoms with E-state index in [1.165, 1.54) is 0 Å². The van der Waals surface area contributed by atoms with Crippen molar-refractivity contribution in [3.63, 3.8) is 0 Å². The van der Waals surface area contributed by atoms with E-state index in [0.717, 1.165) is 16.7 Å². The molecular formula is C27H29N3O3. The number of pyridine rings is 1. The summed E-state index contributed by atoms with van der Waals surface area (Å²) >= 11 is 0. The third-order valence-electron chi connectivity index (χ3n) is 5.99.